The number of hydrogen-bond acceptors (Lipinski definition) is 11. The average molecular weight is 450 g/mol. The Morgan fingerprint density at radius 1 is 0.774 bits per heavy atom. The van der Waals surface area contributed by atoms with Gasteiger partial charge in [-0.3, -0.25) is 0 Å². The van der Waals surface area contributed by atoms with Gasteiger partial charge in [-0.05, 0) is 18.8 Å². The molecule has 0 radical (unpaired) electrons. The van der Waals surface area contributed by atoms with Gasteiger partial charge in [-0.25, -0.2) is 0 Å². The third-order valence-corrected chi connectivity index (χ3v) is 6.49. The molecule has 11 heteroatoms. The lowest BCUT2D eigenvalue weighted by molar-refractivity contribution is -0.297. The van der Waals surface area contributed by atoms with Crippen LogP contribution in [0.4, 0.5) is 0 Å². The predicted octanol–water partition coefficient (Wildman–Crippen LogP) is -2.51. The van der Waals surface area contributed by atoms with Crippen molar-refractivity contribution in [3.63, 3.8) is 0 Å². The van der Waals surface area contributed by atoms with Gasteiger partial charge in [0.15, 0.2) is 12.6 Å². The smallest absolute Gasteiger partial charge is 0.184 e. The van der Waals surface area contributed by atoms with Crippen LogP contribution in [0, 0.1) is 5.92 Å². The molecule has 0 aromatic carbocycles. The summed E-state index contributed by atoms with van der Waals surface area (Å²) in [6.45, 7) is 3.53. The SMILES string of the molecule is CC(C)[C@H]1O[C@H](O[C@H]2C[C@@H](O[C@H]3O[C@H](CO)[C@@H](O)C[C@H]3O)[C@H](N)C[C@@H]2N)[C@H](N)C[C@@H]1O. The Morgan fingerprint density at radius 3 is 1.97 bits per heavy atom. The van der Waals surface area contributed by atoms with Crippen LogP contribution < -0.4 is 17.2 Å². The highest BCUT2D eigenvalue weighted by Gasteiger charge is 2.44. The van der Waals surface area contributed by atoms with Crippen molar-refractivity contribution in [2.75, 3.05) is 6.61 Å². The zero-order valence-corrected chi connectivity index (χ0v) is 18.2. The molecule has 3 aliphatic rings. The molecule has 11 nitrogen and oxygen atoms in total. The summed E-state index contributed by atoms with van der Waals surface area (Å²) in [6.07, 6.45) is -5.47. The fourth-order valence-electron chi connectivity index (χ4n) is 4.61. The Kier molecular flexibility index (Phi) is 8.66. The van der Waals surface area contributed by atoms with Crippen molar-refractivity contribution >= 4 is 0 Å². The number of aliphatic hydroxyl groups is 4. The zero-order valence-electron chi connectivity index (χ0n) is 18.2. The molecule has 31 heavy (non-hydrogen) atoms. The molecule has 2 heterocycles. The Balaban J connectivity index is 1.62. The van der Waals surface area contributed by atoms with Crippen LogP contribution in [-0.4, -0.2) is 100 Å². The fourth-order valence-corrected chi connectivity index (χ4v) is 4.61. The summed E-state index contributed by atoms with van der Waals surface area (Å²) in [5.74, 6) is 0.0953. The standard InChI is InChI=1S/C20H39N3O8/c1-8(2)18-13(26)4-11(23)19(31-18)28-15-6-16(10(22)3-9(15)21)29-20-14(27)5-12(25)17(7-24)30-20/h8-20,24-27H,3-7,21-23H2,1-2H3/t9-,10+,11+,12-,13-,14+,15-,16+,17+,18+,19-,20-/m0/s1. The van der Waals surface area contributed by atoms with Gasteiger partial charge in [0.2, 0.25) is 0 Å². The van der Waals surface area contributed by atoms with Crippen LogP contribution in [0.5, 0.6) is 0 Å². The van der Waals surface area contributed by atoms with Crippen molar-refractivity contribution in [2.24, 2.45) is 23.1 Å². The number of aliphatic hydroxyl groups excluding tert-OH is 4. The Morgan fingerprint density at radius 2 is 1.39 bits per heavy atom. The highest BCUT2D eigenvalue weighted by Crippen LogP contribution is 2.31. The van der Waals surface area contributed by atoms with Crippen molar-refractivity contribution in [3.05, 3.63) is 0 Å². The summed E-state index contributed by atoms with van der Waals surface area (Å²) in [6, 6.07) is -1.27. The molecule has 10 N–H and O–H groups in total. The molecule has 0 amide bonds. The molecule has 1 aliphatic carbocycles. The van der Waals surface area contributed by atoms with Crippen LogP contribution >= 0.6 is 0 Å². The lowest BCUT2D eigenvalue weighted by atomic mass is 9.86. The van der Waals surface area contributed by atoms with E-state index in [0.717, 1.165) is 0 Å². The number of nitrogens with two attached hydrogens (primary N) is 3. The Labute approximate surface area is 182 Å². The van der Waals surface area contributed by atoms with E-state index >= 15 is 0 Å². The second-order valence-electron chi connectivity index (χ2n) is 9.42. The van der Waals surface area contributed by atoms with E-state index in [9.17, 15) is 20.4 Å². The minimum Gasteiger partial charge on any atom is -0.394 e. The van der Waals surface area contributed by atoms with E-state index in [2.05, 4.69) is 0 Å². The van der Waals surface area contributed by atoms with Crippen LogP contribution in [0.15, 0.2) is 0 Å². The van der Waals surface area contributed by atoms with Gasteiger partial charge in [-0.2, -0.15) is 0 Å². The Hall–Kier alpha value is -0.440. The van der Waals surface area contributed by atoms with E-state index in [4.69, 9.17) is 36.1 Å². The van der Waals surface area contributed by atoms with Gasteiger partial charge >= 0.3 is 0 Å². The monoisotopic (exact) mass is 449 g/mol. The summed E-state index contributed by atoms with van der Waals surface area (Å²) in [4.78, 5) is 0. The van der Waals surface area contributed by atoms with E-state index in [1.54, 1.807) is 0 Å². The van der Waals surface area contributed by atoms with Gasteiger partial charge in [-0.15, -0.1) is 0 Å². The van der Waals surface area contributed by atoms with Crippen molar-refractivity contribution < 1.29 is 39.4 Å². The van der Waals surface area contributed by atoms with Crippen molar-refractivity contribution in [1.29, 1.82) is 0 Å². The maximum atomic E-state index is 10.2. The molecule has 0 bridgehead atoms. The maximum absolute atomic E-state index is 10.2. The summed E-state index contributed by atoms with van der Waals surface area (Å²) < 4.78 is 23.5. The topological polar surface area (TPSA) is 196 Å². The average Bonchev–Trinajstić information content (AvgIpc) is 2.68. The zero-order chi connectivity index (χ0) is 22.9. The third-order valence-electron chi connectivity index (χ3n) is 6.49. The van der Waals surface area contributed by atoms with Gasteiger partial charge in [0, 0.05) is 24.9 Å². The highest BCUT2D eigenvalue weighted by atomic mass is 16.7. The molecule has 2 saturated heterocycles. The second kappa shape index (κ2) is 10.7. The molecule has 0 unspecified atom stereocenters. The minimum atomic E-state index is -1.05. The van der Waals surface area contributed by atoms with Crippen LogP contribution in [-0.2, 0) is 18.9 Å². The molecule has 0 spiro atoms. The molecule has 3 rings (SSSR count). The van der Waals surface area contributed by atoms with Crippen LogP contribution in [0.2, 0.25) is 0 Å². The normalized spacial score (nSPS) is 49.4. The summed E-state index contributed by atoms with van der Waals surface area (Å²) in [5, 5.41) is 39.7. The lowest BCUT2D eigenvalue weighted by Gasteiger charge is -2.45. The first kappa shape index (κ1) is 25.2. The van der Waals surface area contributed by atoms with Crippen LogP contribution in [0.1, 0.15) is 39.5 Å². The molecule has 1 saturated carbocycles. The van der Waals surface area contributed by atoms with Crippen LogP contribution in [0.3, 0.4) is 0 Å². The molecule has 0 aromatic heterocycles. The van der Waals surface area contributed by atoms with Gasteiger partial charge in [0.25, 0.3) is 0 Å². The van der Waals surface area contributed by atoms with E-state index in [0.29, 0.717) is 19.3 Å². The Bertz CT molecular complexity index is 573. The minimum absolute atomic E-state index is 0.0287. The summed E-state index contributed by atoms with van der Waals surface area (Å²) in [5.41, 5.74) is 18.7. The maximum Gasteiger partial charge on any atom is 0.184 e. The van der Waals surface area contributed by atoms with E-state index < -0.39 is 61.3 Å². The molecule has 182 valence electrons. The summed E-state index contributed by atoms with van der Waals surface area (Å²) in [7, 11) is 0. The largest absolute Gasteiger partial charge is 0.394 e. The molecule has 3 fully saturated rings. The quantitative estimate of drug-likeness (QED) is 0.226. The van der Waals surface area contributed by atoms with Gasteiger partial charge in [0.05, 0.1) is 43.2 Å². The van der Waals surface area contributed by atoms with Gasteiger partial charge in [0.1, 0.15) is 12.2 Å². The van der Waals surface area contributed by atoms with Gasteiger partial charge in [-0.1, -0.05) is 13.8 Å². The summed E-state index contributed by atoms with van der Waals surface area (Å²) >= 11 is 0. The van der Waals surface area contributed by atoms with E-state index in [1.165, 1.54) is 0 Å². The van der Waals surface area contributed by atoms with Crippen LogP contribution in [0.25, 0.3) is 0 Å². The first-order valence-electron chi connectivity index (χ1n) is 11.1. The second-order valence-corrected chi connectivity index (χ2v) is 9.42. The number of ether oxygens (including phenoxy) is 4. The third kappa shape index (κ3) is 5.92. The first-order chi connectivity index (χ1) is 14.6. The van der Waals surface area contributed by atoms with E-state index in [-0.39, 0.29) is 31.1 Å². The van der Waals surface area contributed by atoms with Crippen molar-refractivity contribution in [3.8, 4) is 0 Å². The molecular weight excluding hydrogens is 410 g/mol. The predicted molar refractivity (Wildman–Crippen MR) is 109 cm³/mol. The molecule has 12 atom stereocenters. The van der Waals surface area contributed by atoms with Gasteiger partial charge < -0.3 is 56.6 Å². The first-order valence-corrected chi connectivity index (χ1v) is 11.1. The fraction of sp³-hybridized carbons (Fsp3) is 1.00. The van der Waals surface area contributed by atoms with Crippen molar-refractivity contribution in [2.45, 2.75) is 113 Å². The molecule has 0 aromatic rings. The van der Waals surface area contributed by atoms with E-state index in [1.807, 2.05) is 13.8 Å². The molecule has 2 aliphatic heterocycles. The van der Waals surface area contributed by atoms with Crippen molar-refractivity contribution in [1.82, 2.24) is 0 Å². The highest BCUT2D eigenvalue weighted by molar-refractivity contribution is 4.94. The number of hydrogen-bond donors (Lipinski definition) is 7. The lowest BCUT2D eigenvalue weighted by Crippen LogP contribution is -2.60. The molecular formula is C20H39N3O8. The number of rotatable bonds is 6.